The van der Waals surface area contributed by atoms with Gasteiger partial charge < -0.3 is 5.43 Å². The molecule has 3 N–H and O–H groups in total. The molecule has 1 aliphatic carbocycles. The van der Waals surface area contributed by atoms with Gasteiger partial charge in [0.2, 0.25) is 0 Å². The predicted octanol–water partition coefficient (Wildman–Crippen LogP) is 2.98. The monoisotopic (exact) mass is 298 g/mol. The average molecular weight is 298 g/mol. The minimum Gasteiger partial charge on any atom is -0.308 e. The molecule has 0 radical (unpaired) electrons. The molecule has 0 fully saturated rings. The Morgan fingerprint density at radius 1 is 1.19 bits per heavy atom. The zero-order valence-electron chi connectivity index (χ0n) is 11.8. The Morgan fingerprint density at radius 2 is 2.10 bits per heavy atom. The first-order valence-corrected chi connectivity index (χ1v) is 8.54. The van der Waals surface area contributed by atoms with Crippen molar-refractivity contribution in [3.63, 3.8) is 0 Å². The van der Waals surface area contributed by atoms with E-state index in [0.29, 0.717) is 5.92 Å². The Labute approximate surface area is 128 Å². The van der Waals surface area contributed by atoms with Crippen molar-refractivity contribution in [3.05, 3.63) is 52.5 Å². The Balaban J connectivity index is 1.81. The summed E-state index contributed by atoms with van der Waals surface area (Å²) in [5.41, 5.74) is 7.92. The second-order valence-electron chi connectivity index (χ2n) is 5.64. The number of anilines is 1. The lowest BCUT2D eigenvalue weighted by Gasteiger charge is -2.25. The van der Waals surface area contributed by atoms with Crippen LogP contribution in [0.3, 0.4) is 0 Å². The van der Waals surface area contributed by atoms with Gasteiger partial charge in [-0.3, -0.25) is 0 Å². The summed E-state index contributed by atoms with van der Waals surface area (Å²) >= 11 is 1.88. The highest BCUT2D eigenvalue weighted by Gasteiger charge is 2.27. The first-order chi connectivity index (χ1) is 10.4. The summed E-state index contributed by atoms with van der Waals surface area (Å²) in [4.78, 5) is 9.58. The molecule has 1 aromatic heterocycles. The lowest BCUT2D eigenvalue weighted by atomic mass is 9.82. The summed E-state index contributed by atoms with van der Waals surface area (Å²) in [7, 11) is 0. The molecular formula is C16H18N4S. The smallest absolute Gasteiger partial charge is 0.148 e. The lowest BCUT2D eigenvalue weighted by Crippen LogP contribution is -2.18. The molecule has 1 aliphatic heterocycles. The second kappa shape index (κ2) is 5.31. The van der Waals surface area contributed by atoms with Crippen LogP contribution < -0.4 is 11.3 Å². The van der Waals surface area contributed by atoms with E-state index in [0.717, 1.165) is 41.7 Å². The number of hydrazine groups is 1. The van der Waals surface area contributed by atoms with Gasteiger partial charge in [-0.2, -0.15) is 11.8 Å². The van der Waals surface area contributed by atoms with Crippen molar-refractivity contribution in [2.24, 2.45) is 5.84 Å². The number of nitrogens with zero attached hydrogens (tertiary/aromatic N) is 2. The number of aromatic nitrogens is 2. The SMILES string of the molecule is NNc1nc(C2CCCc3ccccc32)nc2c1CSC2. The summed E-state index contributed by atoms with van der Waals surface area (Å²) in [6.07, 6.45) is 3.48. The van der Waals surface area contributed by atoms with Crippen LogP contribution in [0.15, 0.2) is 24.3 Å². The number of thioether (sulfide) groups is 1. The molecular weight excluding hydrogens is 280 g/mol. The molecule has 0 bridgehead atoms. The fourth-order valence-electron chi connectivity index (χ4n) is 3.37. The zero-order valence-corrected chi connectivity index (χ0v) is 12.6. The number of aryl methyl sites for hydroxylation is 1. The van der Waals surface area contributed by atoms with E-state index in [9.17, 15) is 0 Å². The summed E-state index contributed by atoms with van der Waals surface area (Å²) in [5.74, 6) is 9.63. The molecule has 0 amide bonds. The number of nitrogens with one attached hydrogen (secondary N) is 1. The number of hydrogen-bond donors (Lipinski definition) is 2. The molecule has 4 rings (SSSR count). The van der Waals surface area contributed by atoms with Crippen LogP contribution in [-0.4, -0.2) is 9.97 Å². The number of benzene rings is 1. The summed E-state index contributed by atoms with van der Waals surface area (Å²) in [6, 6.07) is 8.68. The van der Waals surface area contributed by atoms with Crippen molar-refractivity contribution >= 4 is 17.6 Å². The van der Waals surface area contributed by atoms with Gasteiger partial charge >= 0.3 is 0 Å². The fraction of sp³-hybridized carbons (Fsp3) is 0.375. The topological polar surface area (TPSA) is 63.8 Å². The highest BCUT2D eigenvalue weighted by Crippen LogP contribution is 2.38. The van der Waals surface area contributed by atoms with Gasteiger partial charge in [0.15, 0.2) is 0 Å². The van der Waals surface area contributed by atoms with Crippen LogP contribution in [0, 0.1) is 0 Å². The molecule has 0 spiro atoms. The summed E-state index contributed by atoms with van der Waals surface area (Å²) in [6.45, 7) is 0. The molecule has 1 unspecified atom stereocenters. The summed E-state index contributed by atoms with van der Waals surface area (Å²) in [5, 5.41) is 0. The molecule has 2 aromatic rings. The van der Waals surface area contributed by atoms with Crippen molar-refractivity contribution in [2.75, 3.05) is 5.43 Å². The molecule has 108 valence electrons. The largest absolute Gasteiger partial charge is 0.308 e. The standard InChI is InChI=1S/C16H18N4S/c17-20-16-13-8-21-9-14(13)18-15(19-16)12-7-3-5-10-4-1-2-6-11(10)12/h1-2,4,6,12H,3,5,7-9,17H2,(H,18,19,20). The third-order valence-corrected chi connectivity index (χ3v) is 5.38. The molecule has 0 saturated heterocycles. The Hall–Kier alpha value is -1.59. The van der Waals surface area contributed by atoms with E-state index in [4.69, 9.17) is 15.8 Å². The number of rotatable bonds is 2. The van der Waals surface area contributed by atoms with Crippen LogP contribution in [0.25, 0.3) is 0 Å². The molecule has 21 heavy (non-hydrogen) atoms. The van der Waals surface area contributed by atoms with E-state index >= 15 is 0 Å². The van der Waals surface area contributed by atoms with Gasteiger partial charge in [-0.05, 0) is 30.4 Å². The van der Waals surface area contributed by atoms with Crippen LogP contribution >= 0.6 is 11.8 Å². The van der Waals surface area contributed by atoms with E-state index in [1.165, 1.54) is 23.1 Å². The highest BCUT2D eigenvalue weighted by atomic mass is 32.2. The van der Waals surface area contributed by atoms with Crippen LogP contribution in [0.1, 0.15) is 47.0 Å². The normalized spacial score (nSPS) is 20.0. The highest BCUT2D eigenvalue weighted by molar-refractivity contribution is 7.98. The minimum atomic E-state index is 0.304. The zero-order chi connectivity index (χ0) is 14.2. The molecule has 2 aliphatic rings. The van der Waals surface area contributed by atoms with Crippen LogP contribution in [0.2, 0.25) is 0 Å². The molecule has 1 aromatic carbocycles. The summed E-state index contributed by atoms with van der Waals surface area (Å²) < 4.78 is 0. The van der Waals surface area contributed by atoms with Crippen molar-refractivity contribution < 1.29 is 0 Å². The van der Waals surface area contributed by atoms with Crippen molar-refractivity contribution in [1.29, 1.82) is 0 Å². The quantitative estimate of drug-likeness (QED) is 0.659. The van der Waals surface area contributed by atoms with Gasteiger partial charge in [-0.15, -0.1) is 0 Å². The van der Waals surface area contributed by atoms with Crippen LogP contribution in [-0.2, 0) is 17.9 Å². The van der Waals surface area contributed by atoms with Gasteiger partial charge in [0, 0.05) is 23.0 Å². The third-order valence-electron chi connectivity index (χ3n) is 4.41. The van der Waals surface area contributed by atoms with E-state index in [-0.39, 0.29) is 0 Å². The number of nitrogens with two attached hydrogens (primary N) is 1. The molecule has 1 atom stereocenters. The maximum atomic E-state index is 5.67. The molecule has 4 nitrogen and oxygen atoms in total. The van der Waals surface area contributed by atoms with Crippen molar-refractivity contribution in [3.8, 4) is 0 Å². The van der Waals surface area contributed by atoms with Crippen LogP contribution in [0.5, 0.6) is 0 Å². The van der Waals surface area contributed by atoms with E-state index in [2.05, 4.69) is 29.7 Å². The van der Waals surface area contributed by atoms with Crippen molar-refractivity contribution in [1.82, 2.24) is 9.97 Å². The molecule has 2 heterocycles. The maximum absolute atomic E-state index is 5.67. The van der Waals surface area contributed by atoms with Gasteiger partial charge in [0.05, 0.1) is 5.69 Å². The van der Waals surface area contributed by atoms with E-state index in [1.54, 1.807) is 0 Å². The number of nitrogen functional groups attached to an aromatic ring is 1. The van der Waals surface area contributed by atoms with Gasteiger partial charge in [-0.1, -0.05) is 24.3 Å². The van der Waals surface area contributed by atoms with Crippen LogP contribution in [0.4, 0.5) is 5.82 Å². The number of fused-ring (bicyclic) bond motifs is 2. The van der Waals surface area contributed by atoms with E-state index in [1.807, 2.05) is 11.8 Å². The Bertz CT molecular complexity index is 686. The third kappa shape index (κ3) is 2.21. The first kappa shape index (κ1) is 13.1. The maximum Gasteiger partial charge on any atom is 0.148 e. The molecule has 5 heteroatoms. The Kier molecular flexibility index (Phi) is 3.31. The van der Waals surface area contributed by atoms with Crippen molar-refractivity contribution in [2.45, 2.75) is 36.7 Å². The second-order valence-corrected chi connectivity index (χ2v) is 6.62. The van der Waals surface area contributed by atoms with Gasteiger partial charge in [0.1, 0.15) is 11.6 Å². The lowest BCUT2D eigenvalue weighted by molar-refractivity contribution is 0.588. The predicted molar refractivity (Wildman–Crippen MR) is 86.1 cm³/mol. The average Bonchev–Trinajstić information content (AvgIpc) is 3.02. The van der Waals surface area contributed by atoms with Gasteiger partial charge in [-0.25, -0.2) is 15.8 Å². The van der Waals surface area contributed by atoms with E-state index < -0.39 is 0 Å². The van der Waals surface area contributed by atoms with Gasteiger partial charge in [0.25, 0.3) is 0 Å². The first-order valence-electron chi connectivity index (χ1n) is 7.38. The minimum absolute atomic E-state index is 0.304. The fourth-order valence-corrected chi connectivity index (χ4v) is 4.41. The number of hydrogen-bond acceptors (Lipinski definition) is 5. The Morgan fingerprint density at radius 3 is 3.00 bits per heavy atom. The molecule has 0 saturated carbocycles.